The largest absolute Gasteiger partial charge is 0.463 e. The van der Waals surface area contributed by atoms with Crippen molar-refractivity contribution in [1.29, 1.82) is 0 Å². The normalized spacial score (nSPS) is 29.3. The van der Waals surface area contributed by atoms with Gasteiger partial charge in [-0.05, 0) is 0 Å². The topological polar surface area (TPSA) is 140 Å². The van der Waals surface area contributed by atoms with Gasteiger partial charge in [-0.25, -0.2) is 0 Å². The first-order chi connectivity index (χ1) is 11.1. The van der Waals surface area contributed by atoms with Gasteiger partial charge in [-0.1, -0.05) is 0 Å². The Morgan fingerprint density at radius 1 is 1.00 bits per heavy atom. The van der Waals surface area contributed by atoms with E-state index in [0.717, 1.165) is 20.8 Å². The molecule has 0 amide bonds. The Bertz CT molecular complexity index is 520. The smallest absolute Gasteiger partial charge is 0.304 e. The molecule has 136 valence electrons. The van der Waals surface area contributed by atoms with Crippen LogP contribution in [0, 0.1) is 0 Å². The Kier molecular flexibility index (Phi) is 6.67. The highest BCUT2D eigenvalue weighted by atomic mass is 16.7. The molecule has 1 rings (SSSR count). The summed E-state index contributed by atoms with van der Waals surface area (Å²) in [5.41, 5.74) is 4.13. The van der Waals surface area contributed by atoms with Crippen LogP contribution in [0.5, 0.6) is 0 Å². The summed E-state index contributed by atoms with van der Waals surface area (Å²) in [6, 6.07) is 0. The minimum absolute atomic E-state index is 0.243. The van der Waals surface area contributed by atoms with Crippen LogP contribution in [0.3, 0.4) is 0 Å². The molecule has 1 aliphatic heterocycles. The van der Waals surface area contributed by atoms with Gasteiger partial charge in [0.1, 0.15) is 12.7 Å². The van der Waals surface area contributed by atoms with Gasteiger partial charge in [0.15, 0.2) is 12.2 Å². The predicted molar refractivity (Wildman–Crippen MR) is 76.2 cm³/mol. The van der Waals surface area contributed by atoms with Crippen molar-refractivity contribution in [1.82, 2.24) is 0 Å². The number of nitrogens with two attached hydrogens (primary N) is 1. The van der Waals surface area contributed by atoms with Gasteiger partial charge < -0.3 is 23.7 Å². The maximum absolute atomic E-state index is 11.4. The van der Waals surface area contributed by atoms with Crippen LogP contribution in [-0.2, 0) is 42.9 Å². The molecule has 10 nitrogen and oxygen atoms in total. The Morgan fingerprint density at radius 2 is 1.58 bits per heavy atom. The maximum Gasteiger partial charge on any atom is 0.304 e. The highest BCUT2D eigenvalue weighted by Gasteiger charge is 2.57. The molecule has 0 aromatic carbocycles. The molecule has 0 aliphatic carbocycles. The molecule has 0 spiro atoms. The zero-order chi connectivity index (χ0) is 18.5. The minimum atomic E-state index is -1.99. The van der Waals surface area contributed by atoms with Gasteiger partial charge in [0.2, 0.25) is 5.72 Å². The second-order valence-electron chi connectivity index (χ2n) is 5.25. The Balaban J connectivity index is 3.16. The number of esters is 4. The second-order valence-corrected chi connectivity index (χ2v) is 5.25. The lowest BCUT2D eigenvalue weighted by Gasteiger charge is -2.46. The predicted octanol–water partition coefficient (Wildman–Crippen LogP) is -0.970. The van der Waals surface area contributed by atoms with E-state index in [1.165, 1.54) is 6.92 Å². The SMILES string of the molecule is CC(=O)OC[C@H]1OC[C@H](OC(C)=O)[C@](N)(OC(C)=O)[C@@H]1OC(C)=O. The van der Waals surface area contributed by atoms with Crippen LogP contribution in [0.25, 0.3) is 0 Å². The highest BCUT2D eigenvalue weighted by molar-refractivity contribution is 5.69. The van der Waals surface area contributed by atoms with Crippen molar-refractivity contribution < 1.29 is 42.9 Å². The summed E-state index contributed by atoms with van der Waals surface area (Å²) >= 11 is 0. The van der Waals surface area contributed by atoms with Crippen LogP contribution in [0.1, 0.15) is 27.7 Å². The lowest BCUT2D eigenvalue weighted by molar-refractivity contribution is -0.267. The van der Waals surface area contributed by atoms with Gasteiger partial charge in [0.25, 0.3) is 0 Å². The molecule has 1 fully saturated rings. The molecule has 0 aromatic heterocycles. The van der Waals surface area contributed by atoms with Crippen LogP contribution in [0.4, 0.5) is 0 Å². The first-order valence-corrected chi connectivity index (χ1v) is 7.14. The number of carbonyl (C=O) groups excluding carboxylic acids is 4. The summed E-state index contributed by atoms with van der Waals surface area (Å²) in [5.74, 6) is -2.79. The van der Waals surface area contributed by atoms with E-state index >= 15 is 0 Å². The quantitative estimate of drug-likeness (QED) is 0.375. The fourth-order valence-electron chi connectivity index (χ4n) is 2.28. The van der Waals surface area contributed by atoms with E-state index in [-0.39, 0.29) is 13.2 Å². The molecule has 24 heavy (non-hydrogen) atoms. The van der Waals surface area contributed by atoms with Crippen molar-refractivity contribution in [2.24, 2.45) is 5.73 Å². The zero-order valence-electron chi connectivity index (χ0n) is 13.9. The molecule has 4 atom stereocenters. The van der Waals surface area contributed by atoms with Crippen LogP contribution in [0.2, 0.25) is 0 Å². The molecule has 1 aliphatic rings. The van der Waals surface area contributed by atoms with Gasteiger partial charge in [0.05, 0.1) is 6.61 Å². The lowest BCUT2D eigenvalue weighted by atomic mass is 9.93. The molecule has 1 heterocycles. The van der Waals surface area contributed by atoms with Crippen molar-refractivity contribution in [3.05, 3.63) is 0 Å². The van der Waals surface area contributed by atoms with Crippen molar-refractivity contribution in [2.75, 3.05) is 13.2 Å². The average molecular weight is 347 g/mol. The first-order valence-electron chi connectivity index (χ1n) is 7.14. The molecule has 2 N–H and O–H groups in total. The van der Waals surface area contributed by atoms with E-state index < -0.39 is 47.9 Å². The zero-order valence-corrected chi connectivity index (χ0v) is 13.9. The first kappa shape index (κ1) is 19.8. The fourth-order valence-corrected chi connectivity index (χ4v) is 2.28. The number of carbonyl (C=O) groups is 4. The molecular weight excluding hydrogens is 326 g/mol. The van der Waals surface area contributed by atoms with Crippen molar-refractivity contribution >= 4 is 23.9 Å². The van der Waals surface area contributed by atoms with E-state index in [1.807, 2.05) is 0 Å². The fraction of sp³-hybridized carbons (Fsp3) is 0.714. The summed E-state index contributed by atoms with van der Waals surface area (Å²) in [5, 5.41) is 0. The summed E-state index contributed by atoms with van der Waals surface area (Å²) in [6.07, 6.45) is -3.57. The molecule has 0 bridgehead atoms. The Morgan fingerprint density at radius 3 is 2.04 bits per heavy atom. The van der Waals surface area contributed by atoms with E-state index in [4.69, 9.17) is 29.4 Å². The summed E-state index contributed by atoms with van der Waals surface area (Å²) < 4.78 is 25.5. The van der Waals surface area contributed by atoms with Crippen molar-refractivity contribution in [2.45, 2.75) is 51.7 Å². The van der Waals surface area contributed by atoms with Crippen LogP contribution in [0.15, 0.2) is 0 Å². The van der Waals surface area contributed by atoms with Crippen LogP contribution in [-0.4, -0.2) is 61.1 Å². The standard InChI is InChI=1S/C14H21NO9/c1-7(16)20-5-11-13(23-9(3)18)14(15,24-10(4)19)12(6-21-11)22-8(2)17/h11-13H,5-6,15H2,1-4H3/t11-,12+,13-,14+/m1/s1. The molecule has 0 saturated carbocycles. The molecule has 0 unspecified atom stereocenters. The van der Waals surface area contributed by atoms with Gasteiger partial charge in [-0.2, -0.15) is 0 Å². The third kappa shape index (κ3) is 5.17. The number of hydrogen-bond acceptors (Lipinski definition) is 10. The van der Waals surface area contributed by atoms with E-state index in [0.29, 0.717) is 0 Å². The highest BCUT2D eigenvalue weighted by Crippen LogP contribution is 2.30. The molecule has 0 radical (unpaired) electrons. The Hall–Kier alpha value is -2.20. The minimum Gasteiger partial charge on any atom is -0.463 e. The van der Waals surface area contributed by atoms with Crippen LogP contribution < -0.4 is 5.73 Å². The third-order valence-electron chi connectivity index (χ3n) is 3.12. The van der Waals surface area contributed by atoms with Crippen molar-refractivity contribution in [3.8, 4) is 0 Å². The van der Waals surface area contributed by atoms with Gasteiger partial charge in [0, 0.05) is 27.7 Å². The van der Waals surface area contributed by atoms with Crippen LogP contribution >= 0.6 is 0 Å². The van der Waals surface area contributed by atoms with E-state index in [1.54, 1.807) is 0 Å². The van der Waals surface area contributed by atoms with Gasteiger partial charge in [-0.15, -0.1) is 0 Å². The second kappa shape index (κ2) is 8.06. The summed E-state index contributed by atoms with van der Waals surface area (Å²) in [4.78, 5) is 45.1. The summed E-state index contributed by atoms with van der Waals surface area (Å²) in [7, 11) is 0. The molecular formula is C14H21NO9. The van der Waals surface area contributed by atoms with E-state index in [9.17, 15) is 19.2 Å². The molecule has 1 saturated heterocycles. The third-order valence-corrected chi connectivity index (χ3v) is 3.12. The Labute approximate surface area is 138 Å². The number of hydrogen-bond donors (Lipinski definition) is 1. The van der Waals surface area contributed by atoms with E-state index in [2.05, 4.69) is 0 Å². The number of ether oxygens (including phenoxy) is 5. The maximum atomic E-state index is 11.4. The molecule has 10 heteroatoms. The number of rotatable bonds is 5. The van der Waals surface area contributed by atoms with Crippen molar-refractivity contribution in [3.63, 3.8) is 0 Å². The van der Waals surface area contributed by atoms with Gasteiger partial charge in [-0.3, -0.25) is 24.9 Å². The average Bonchev–Trinajstić information content (AvgIpc) is 2.41. The lowest BCUT2D eigenvalue weighted by Crippen LogP contribution is -2.72. The van der Waals surface area contributed by atoms with Gasteiger partial charge >= 0.3 is 23.9 Å². The molecule has 0 aromatic rings. The summed E-state index contributed by atoms with van der Waals surface area (Å²) in [6.45, 7) is 4.01. The monoisotopic (exact) mass is 347 g/mol.